The molecule has 134 valence electrons. The molecule has 2 rings (SSSR count). The second-order valence-electron chi connectivity index (χ2n) is 5.27. The Hall–Kier alpha value is -3.15. The summed E-state index contributed by atoms with van der Waals surface area (Å²) < 4.78 is 26.1. The maximum atomic E-state index is 12.2. The van der Waals surface area contributed by atoms with Gasteiger partial charge in [0, 0.05) is 23.9 Å². The highest BCUT2D eigenvalue weighted by Crippen LogP contribution is 2.16. The van der Waals surface area contributed by atoms with Crippen molar-refractivity contribution in [2.45, 2.75) is 11.8 Å². The van der Waals surface area contributed by atoms with Gasteiger partial charge < -0.3 is 10.6 Å². The van der Waals surface area contributed by atoms with Gasteiger partial charge in [-0.3, -0.25) is 9.59 Å². The van der Waals surface area contributed by atoms with Crippen LogP contribution in [0, 0.1) is 12.3 Å². The Bertz CT molecular complexity index is 943. The van der Waals surface area contributed by atoms with Crippen LogP contribution in [0.25, 0.3) is 0 Å². The molecular weight excluding hydrogens is 354 g/mol. The number of amides is 2. The third-order valence-electron chi connectivity index (χ3n) is 3.25. The number of rotatable bonds is 6. The molecule has 7 nitrogen and oxygen atoms in total. The highest BCUT2D eigenvalue weighted by atomic mass is 32.2. The molecule has 26 heavy (non-hydrogen) atoms. The van der Waals surface area contributed by atoms with E-state index in [4.69, 9.17) is 6.42 Å². The third-order valence-corrected chi connectivity index (χ3v) is 4.67. The monoisotopic (exact) mass is 371 g/mol. The molecule has 0 fully saturated rings. The van der Waals surface area contributed by atoms with Crippen LogP contribution in [0.2, 0.25) is 0 Å². The first kappa shape index (κ1) is 19.2. The maximum absolute atomic E-state index is 12.2. The zero-order valence-corrected chi connectivity index (χ0v) is 14.8. The van der Waals surface area contributed by atoms with Crippen LogP contribution in [0.3, 0.4) is 0 Å². The number of benzene rings is 2. The summed E-state index contributed by atoms with van der Waals surface area (Å²) in [6, 6.07) is 12.1. The fraction of sp³-hybridized carbons (Fsp3) is 0.111. The molecule has 2 aromatic rings. The molecule has 0 spiro atoms. The Morgan fingerprint density at radius 1 is 0.962 bits per heavy atom. The van der Waals surface area contributed by atoms with Gasteiger partial charge in [0.25, 0.3) is 5.91 Å². The zero-order chi connectivity index (χ0) is 19.2. The van der Waals surface area contributed by atoms with Crippen LogP contribution in [0.4, 0.5) is 11.4 Å². The summed E-state index contributed by atoms with van der Waals surface area (Å²) in [6.07, 6.45) is 5.03. The SMILES string of the molecule is C#CCNS(=O)(=O)c1ccc(C(=O)Nc2ccc(NC(C)=O)cc2)cc1. The second-order valence-corrected chi connectivity index (χ2v) is 7.03. The first-order valence-corrected chi connectivity index (χ1v) is 9.02. The van der Waals surface area contributed by atoms with E-state index < -0.39 is 15.9 Å². The Morgan fingerprint density at radius 3 is 2.00 bits per heavy atom. The van der Waals surface area contributed by atoms with Crippen LogP contribution < -0.4 is 15.4 Å². The molecule has 0 unspecified atom stereocenters. The van der Waals surface area contributed by atoms with E-state index in [2.05, 4.69) is 21.3 Å². The number of terminal acetylenes is 1. The predicted molar refractivity (Wildman–Crippen MR) is 99.2 cm³/mol. The van der Waals surface area contributed by atoms with Crippen molar-refractivity contribution in [2.75, 3.05) is 17.2 Å². The van der Waals surface area contributed by atoms with Gasteiger partial charge in [-0.25, -0.2) is 8.42 Å². The van der Waals surface area contributed by atoms with Crippen LogP contribution in [0.1, 0.15) is 17.3 Å². The molecule has 0 aliphatic heterocycles. The van der Waals surface area contributed by atoms with Crippen LogP contribution in [-0.2, 0) is 14.8 Å². The lowest BCUT2D eigenvalue weighted by molar-refractivity contribution is -0.114. The van der Waals surface area contributed by atoms with E-state index in [0.29, 0.717) is 16.9 Å². The summed E-state index contributed by atoms with van der Waals surface area (Å²) >= 11 is 0. The molecule has 0 aliphatic rings. The average molecular weight is 371 g/mol. The summed E-state index contributed by atoms with van der Waals surface area (Å²) in [5, 5.41) is 5.31. The zero-order valence-electron chi connectivity index (χ0n) is 13.9. The van der Waals surface area contributed by atoms with Crippen molar-refractivity contribution in [1.82, 2.24) is 4.72 Å². The number of hydrogen-bond donors (Lipinski definition) is 3. The topological polar surface area (TPSA) is 104 Å². The van der Waals surface area contributed by atoms with Crippen molar-refractivity contribution in [3.8, 4) is 12.3 Å². The summed E-state index contributed by atoms with van der Waals surface area (Å²) in [5.74, 6) is 1.61. The fourth-order valence-corrected chi connectivity index (χ4v) is 2.98. The lowest BCUT2D eigenvalue weighted by atomic mass is 10.2. The summed E-state index contributed by atoms with van der Waals surface area (Å²) in [6.45, 7) is 1.29. The second kappa shape index (κ2) is 8.29. The van der Waals surface area contributed by atoms with E-state index in [1.165, 1.54) is 31.2 Å². The van der Waals surface area contributed by atoms with Crippen molar-refractivity contribution in [3.05, 3.63) is 54.1 Å². The standard InChI is InChI=1S/C18H17N3O4S/c1-3-12-19-26(24,25)17-10-4-14(5-11-17)18(23)21-16-8-6-15(7-9-16)20-13(2)22/h1,4-11,19H,12H2,2H3,(H,20,22)(H,21,23). The first-order chi connectivity index (χ1) is 12.3. The van der Waals surface area contributed by atoms with Gasteiger partial charge in [0.05, 0.1) is 11.4 Å². The number of sulfonamides is 1. The van der Waals surface area contributed by atoms with E-state index in [9.17, 15) is 18.0 Å². The normalized spacial score (nSPS) is 10.6. The van der Waals surface area contributed by atoms with E-state index in [1.54, 1.807) is 24.3 Å². The summed E-state index contributed by atoms with van der Waals surface area (Å²) in [4.78, 5) is 23.2. The smallest absolute Gasteiger partial charge is 0.255 e. The Kier molecular flexibility index (Phi) is 6.11. The molecule has 0 bridgehead atoms. The van der Waals surface area contributed by atoms with Gasteiger partial charge in [-0.15, -0.1) is 6.42 Å². The van der Waals surface area contributed by atoms with Gasteiger partial charge in [0.15, 0.2) is 0 Å². The molecule has 0 atom stereocenters. The number of carbonyl (C=O) groups is 2. The number of anilines is 2. The van der Waals surface area contributed by atoms with Crippen molar-refractivity contribution in [2.24, 2.45) is 0 Å². The minimum absolute atomic E-state index is 0.0176. The third kappa shape index (κ3) is 5.17. The highest BCUT2D eigenvalue weighted by Gasteiger charge is 2.14. The molecule has 0 aromatic heterocycles. The van der Waals surface area contributed by atoms with Gasteiger partial charge in [-0.05, 0) is 48.5 Å². The van der Waals surface area contributed by atoms with E-state index in [1.807, 2.05) is 0 Å². The van der Waals surface area contributed by atoms with Gasteiger partial charge in [0.1, 0.15) is 0 Å². The van der Waals surface area contributed by atoms with Gasteiger partial charge in [-0.2, -0.15) is 4.72 Å². The van der Waals surface area contributed by atoms with Crippen LogP contribution in [-0.4, -0.2) is 26.8 Å². The predicted octanol–water partition coefficient (Wildman–Crippen LogP) is 1.81. The van der Waals surface area contributed by atoms with E-state index >= 15 is 0 Å². The van der Waals surface area contributed by atoms with E-state index in [0.717, 1.165) is 0 Å². The van der Waals surface area contributed by atoms with Gasteiger partial charge in [-0.1, -0.05) is 5.92 Å². The maximum Gasteiger partial charge on any atom is 0.255 e. The molecular formula is C18H17N3O4S. The van der Waals surface area contributed by atoms with Crippen molar-refractivity contribution >= 4 is 33.2 Å². The Balaban J connectivity index is 2.06. The van der Waals surface area contributed by atoms with Crippen molar-refractivity contribution < 1.29 is 18.0 Å². The molecule has 2 amide bonds. The molecule has 0 saturated carbocycles. The van der Waals surface area contributed by atoms with Crippen molar-refractivity contribution in [1.29, 1.82) is 0 Å². The molecule has 3 N–H and O–H groups in total. The molecule has 0 aliphatic carbocycles. The lowest BCUT2D eigenvalue weighted by Gasteiger charge is -2.08. The van der Waals surface area contributed by atoms with Crippen molar-refractivity contribution in [3.63, 3.8) is 0 Å². The molecule has 0 heterocycles. The average Bonchev–Trinajstić information content (AvgIpc) is 2.61. The van der Waals surface area contributed by atoms with Gasteiger partial charge >= 0.3 is 0 Å². The molecule has 8 heteroatoms. The number of nitrogens with one attached hydrogen (secondary N) is 3. The number of carbonyl (C=O) groups excluding carboxylic acids is 2. The first-order valence-electron chi connectivity index (χ1n) is 7.54. The Morgan fingerprint density at radius 2 is 1.50 bits per heavy atom. The van der Waals surface area contributed by atoms with E-state index in [-0.39, 0.29) is 17.3 Å². The van der Waals surface area contributed by atoms with Gasteiger partial charge in [0.2, 0.25) is 15.9 Å². The molecule has 0 saturated heterocycles. The largest absolute Gasteiger partial charge is 0.326 e. The molecule has 2 aromatic carbocycles. The lowest BCUT2D eigenvalue weighted by Crippen LogP contribution is -2.24. The van der Waals surface area contributed by atoms with Crippen LogP contribution in [0.15, 0.2) is 53.4 Å². The summed E-state index contributed by atoms with van der Waals surface area (Å²) in [5.41, 5.74) is 1.45. The van der Waals surface area contributed by atoms with Crippen LogP contribution >= 0.6 is 0 Å². The Labute approximate surface area is 151 Å². The summed E-state index contributed by atoms with van der Waals surface area (Å²) in [7, 11) is -3.70. The fourth-order valence-electron chi connectivity index (χ4n) is 2.05. The molecule has 0 radical (unpaired) electrons. The highest BCUT2D eigenvalue weighted by molar-refractivity contribution is 7.89. The minimum atomic E-state index is -3.70. The quantitative estimate of drug-likeness (QED) is 0.674. The van der Waals surface area contributed by atoms with Crippen LogP contribution in [0.5, 0.6) is 0 Å². The number of hydrogen-bond acceptors (Lipinski definition) is 4. The minimum Gasteiger partial charge on any atom is -0.326 e.